The highest BCUT2D eigenvalue weighted by Gasteiger charge is 2.38. The molecule has 1 unspecified atom stereocenters. The van der Waals surface area contributed by atoms with Crippen LogP contribution in [0.4, 0.5) is 0 Å². The van der Waals surface area contributed by atoms with Crippen LogP contribution < -0.4 is 5.32 Å². The summed E-state index contributed by atoms with van der Waals surface area (Å²) in [6, 6.07) is 11.7. The Labute approximate surface area is 99.3 Å². The topological polar surface area (TPSA) is 12.0 Å². The Kier molecular flexibility index (Phi) is 3.65. The van der Waals surface area contributed by atoms with Crippen molar-refractivity contribution < 1.29 is 0 Å². The highest BCUT2D eigenvalue weighted by atomic mass is 14.9. The zero-order valence-corrected chi connectivity index (χ0v) is 10.5. The number of hydrogen-bond acceptors (Lipinski definition) is 1. The number of hydrogen-bond donors (Lipinski definition) is 1. The van der Waals surface area contributed by atoms with Gasteiger partial charge < -0.3 is 5.32 Å². The lowest BCUT2D eigenvalue weighted by Gasteiger charge is -2.43. The van der Waals surface area contributed by atoms with Gasteiger partial charge in [0.1, 0.15) is 0 Å². The van der Waals surface area contributed by atoms with Crippen molar-refractivity contribution in [3.8, 4) is 0 Å². The molecule has 1 aromatic carbocycles. The third-order valence-electron chi connectivity index (χ3n) is 4.10. The van der Waals surface area contributed by atoms with Crippen molar-refractivity contribution in [3.63, 3.8) is 0 Å². The Bertz CT molecular complexity index is 313. The van der Waals surface area contributed by atoms with Crippen molar-refractivity contribution in [2.75, 3.05) is 6.54 Å². The van der Waals surface area contributed by atoms with Gasteiger partial charge in [0.15, 0.2) is 0 Å². The van der Waals surface area contributed by atoms with E-state index in [-0.39, 0.29) is 0 Å². The van der Waals surface area contributed by atoms with Crippen LogP contribution in [0.2, 0.25) is 0 Å². The monoisotopic (exact) mass is 217 g/mol. The molecule has 88 valence electrons. The van der Waals surface area contributed by atoms with Crippen molar-refractivity contribution in [3.05, 3.63) is 35.9 Å². The van der Waals surface area contributed by atoms with Crippen LogP contribution in [0, 0.1) is 0 Å². The van der Waals surface area contributed by atoms with E-state index in [2.05, 4.69) is 49.5 Å². The Morgan fingerprint density at radius 1 is 1.25 bits per heavy atom. The maximum atomic E-state index is 3.67. The summed E-state index contributed by atoms with van der Waals surface area (Å²) in [6.45, 7) is 5.66. The molecule has 1 N–H and O–H groups in total. The molecule has 1 saturated carbocycles. The van der Waals surface area contributed by atoms with Gasteiger partial charge in [-0.15, -0.1) is 0 Å². The lowest BCUT2D eigenvalue weighted by Crippen LogP contribution is -2.46. The van der Waals surface area contributed by atoms with Crippen molar-refractivity contribution in [1.82, 2.24) is 5.32 Å². The van der Waals surface area contributed by atoms with Gasteiger partial charge in [-0.2, -0.15) is 0 Å². The highest BCUT2D eigenvalue weighted by Crippen LogP contribution is 2.43. The molecule has 0 spiro atoms. The van der Waals surface area contributed by atoms with E-state index >= 15 is 0 Å². The van der Waals surface area contributed by atoms with E-state index in [4.69, 9.17) is 0 Å². The smallest absolute Gasteiger partial charge is 0.00778 e. The standard InChI is InChI=1S/C15H23N/c1-3-13(2)16-12-15(10-7-11-15)14-8-5-4-6-9-14/h4-6,8-9,13,16H,3,7,10-12H2,1-2H3. The second kappa shape index (κ2) is 5.01. The Hall–Kier alpha value is -0.820. The van der Waals surface area contributed by atoms with Crippen LogP contribution in [-0.2, 0) is 5.41 Å². The fourth-order valence-corrected chi connectivity index (χ4v) is 2.48. The number of nitrogens with one attached hydrogen (secondary N) is 1. The molecule has 0 saturated heterocycles. The summed E-state index contributed by atoms with van der Waals surface area (Å²) in [6.07, 6.45) is 5.29. The molecule has 1 fully saturated rings. The van der Waals surface area contributed by atoms with Gasteiger partial charge in [-0.1, -0.05) is 43.7 Å². The van der Waals surface area contributed by atoms with Crippen LogP contribution in [0.5, 0.6) is 0 Å². The first-order valence-electron chi connectivity index (χ1n) is 6.56. The molecule has 0 radical (unpaired) electrons. The van der Waals surface area contributed by atoms with E-state index < -0.39 is 0 Å². The average molecular weight is 217 g/mol. The first kappa shape index (κ1) is 11.7. The minimum atomic E-state index is 0.435. The number of benzene rings is 1. The number of rotatable bonds is 5. The minimum Gasteiger partial charge on any atom is -0.313 e. The third kappa shape index (κ3) is 2.30. The lowest BCUT2D eigenvalue weighted by molar-refractivity contribution is 0.226. The van der Waals surface area contributed by atoms with E-state index in [1.54, 1.807) is 0 Å². The summed E-state index contributed by atoms with van der Waals surface area (Å²) in [4.78, 5) is 0. The first-order valence-corrected chi connectivity index (χ1v) is 6.56. The second-order valence-corrected chi connectivity index (χ2v) is 5.19. The quantitative estimate of drug-likeness (QED) is 0.796. The van der Waals surface area contributed by atoms with Crippen LogP contribution in [0.25, 0.3) is 0 Å². The van der Waals surface area contributed by atoms with E-state index in [0.717, 1.165) is 6.54 Å². The highest BCUT2D eigenvalue weighted by molar-refractivity contribution is 5.28. The van der Waals surface area contributed by atoms with E-state index in [1.165, 1.54) is 31.2 Å². The molecule has 16 heavy (non-hydrogen) atoms. The van der Waals surface area contributed by atoms with Gasteiger partial charge in [0.05, 0.1) is 0 Å². The van der Waals surface area contributed by atoms with Crippen LogP contribution in [-0.4, -0.2) is 12.6 Å². The van der Waals surface area contributed by atoms with Gasteiger partial charge in [0, 0.05) is 18.0 Å². The van der Waals surface area contributed by atoms with Crippen molar-refractivity contribution >= 4 is 0 Å². The molecule has 0 bridgehead atoms. The molecule has 1 aromatic rings. The molecule has 1 atom stereocenters. The average Bonchev–Trinajstić information content (AvgIpc) is 2.29. The van der Waals surface area contributed by atoms with Crippen LogP contribution in [0.3, 0.4) is 0 Å². The molecule has 0 aliphatic heterocycles. The van der Waals surface area contributed by atoms with E-state index in [1.807, 2.05) is 0 Å². The zero-order valence-electron chi connectivity index (χ0n) is 10.5. The van der Waals surface area contributed by atoms with E-state index in [9.17, 15) is 0 Å². The predicted octanol–water partition coefficient (Wildman–Crippen LogP) is 3.50. The summed E-state index contributed by atoms with van der Waals surface area (Å²) in [5.74, 6) is 0. The van der Waals surface area contributed by atoms with Crippen molar-refractivity contribution in [2.24, 2.45) is 0 Å². The molecule has 1 aliphatic rings. The van der Waals surface area contributed by atoms with Crippen molar-refractivity contribution in [2.45, 2.75) is 51.0 Å². The molecule has 0 heterocycles. The van der Waals surface area contributed by atoms with Gasteiger partial charge in [-0.3, -0.25) is 0 Å². The lowest BCUT2D eigenvalue weighted by atomic mass is 9.64. The Morgan fingerprint density at radius 3 is 2.44 bits per heavy atom. The molecule has 2 rings (SSSR count). The molecular formula is C15H23N. The SMILES string of the molecule is CCC(C)NCC1(c2ccccc2)CCC1. The Morgan fingerprint density at radius 2 is 1.94 bits per heavy atom. The molecule has 0 aromatic heterocycles. The third-order valence-corrected chi connectivity index (χ3v) is 4.10. The van der Waals surface area contributed by atoms with Crippen LogP contribution in [0.15, 0.2) is 30.3 Å². The molecular weight excluding hydrogens is 194 g/mol. The zero-order chi connectivity index (χ0) is 11.4. The largest absolute Gasteiger partial charge is 0.313 e. The van der Waals surface area contributed by atoms with E-state index in [0.29, 0.717) is 11.5 Å². The summed E-state index contributed by atoms with van der Waals surface area (Å²) in [5, 5.41) is 3.67. The van der Waals surface area contributed by atoms with Crippen LogP contribution in [0.1, 0.15) is 45.1 Å². The van der Waals surface area contributed by atoms with Crippen molar-refractivity contribution in [1.29, 1.82) is 0 Å². The minimum absolute atomic E-state index is 0.435. The van der Waals surface area contributed by atoms with Gasteiger partial charge in [0.2, 0.25) is 0 Å². The van der Waals surface area contributed by atoms with Crippen LogP contribution >= 0.6 is 0 Å². The van der Waals surface area contributed by atoms with Gasteiger partial charge >= 0.3 is 0 Å². The predicted molar refractivity (Wildman–Crippen MR) is 69.7 cm³/mol. The maximum absolute atomic E-state index is 3.67. The first-order chi connectivity index (χ1) is 7.77. The fourth-order valence-electron chi connectivity index (χ4n) is 2.48. The normalized spacial score (nSPS) is 20.1. The fraction of sp³-hybridized carbons (Fsp3) is 0.600. The summed E-state index contributed by atoms with van der Waals surface area (Å²) < 4.78 is 0. The second-order valence-electron chi connectivity index (χ2n) is 5.19. The maximum Gasteiger partial charge on any atom is 0.00778 e. The molecule has 1 heteroatoms. The summed E-state index contributed by atoms with van der Waals surface area (Å²) in [7, 11) is 0. The Balaban J connectivity index is 2.03. The summed E-state index contributed by atoms with van der Waals surface area (Å²) >= 11 is 0. The molecule has 1 nitrogen and oxygen atoms in total. The molecule has 1 aliphatic carbocycles. The molecule has 0 amide bonds. The van der Waals surface area contributed by atoms with Gasteiger partial charge in [-0.25, -0.2) is 0 Å². The summed E-state index contributed by atoms with van der Waals surface area (Å²) in [5.41, 5.74) is 1.96. The van der Waals surface area contributed by atoms with Gasteiger partial charge in [-0.05, 0) is 31.7 Å². The van der Waals surface area contributed by atoms with Gasteiger partial charge in [0.25, 0.3) is 0 Å².